The van der Waals surface area contributed by atoms with Gasteiger partial charge in [-0.1, -0.05) is 5.16 Å². The molecule has 0 saturated heterocycles. The Morgan fingerprint density at radius 1 is 1.00 bits per heavy atom. The molecule has 5 aromatic rings. The smallest absolute Gasteiger partial charge is 0.342 e. The van der Waals surface area contributed by atoms with E-state index < -0.39 is 46.3 Å². The number of aryl methyl sites for hydroxylation is 2. The normalized spacial score (nSPS) is 11.3. The minimum absolute atomic E-state index is 0.0893. The number of pyridine rings is 1. The molecule has 3 heterocycles. The van der Waals surface area contributed by atoms with E-state index in [1.54, 1.807) is 33.8 Å². The van der Waals surface area contributed by atoms with E-state index in [-0.39, 0.29) is 41.1 Å². The monoisotopic (exact) mass is 569 g/mol. The summed E-state index contributed by atoms with van der Waals surface area (Å²) in [5.74, 6) is -7.13. The Balaban J connectivity index is 1.95. The van der Waals surface area contributed by atoms with Crippen molar-refractivity contribution in [3.05, 3.63) is 76.9 Å². The lowest BCUT2D eigenvalue weighted by molar-refractivity contribution is 0.0684. The molecule has 212 valence electrons. The molecule has 5 rings (SSSR count). The zero-order valence-corrected chi connectivity index (χ0v) is 22.3. The van der Waals surface area contributed by atoms with Gasteiger partial charge in [0.05, 0.1) is 30.2 Å². The molecule has 0 radical (unpaired) electrons. The number of carbonyl (C=O) groups is 1. The summed E-state index contributed by atoms with van der Waals surface area (Å²) in [6.07, 6.45) is 2.85. The van der Waals surface area contributed by atoms with Gasteiger partial charge in [-0.3, -0.25) is 4.57 Å². The molecule has 0 unspecified atom stereocenters. The molecule has 0 saturated carbocycles. The Hall–Kier alpha value is -4.87. The Morgan fingerprint density at radius 2 is 1.66 bits per heavy atom. The highest BCUT2D eigenvalue weighted by Gasteiger charge is 2.33. The lowest BCUT2D eigenvalue weighted by Gasteiger charge is -2.18. The first kappa shape index (κ1) is 27.7. The summed E-state index contributed by atoms with van der Waals surface area (Å²) >= 11 is 0. The average Bonchev–Trinajstić information content (AvgIpc) is 3.45. The highest BCUT2D eigenvalue weighted by molar-refractivity contribution is 6.02. The van der Waals surface area contributed by atoms with Gasteiger partial charge in [0.2, 0.25) is 0 Å². The molecule has 0 fully saturated rings. The molecule has 2 aromatic carbocycles. The van der Waals surface area contributed by atoms with Crippen molar-refractivity contribution in [2.75, 3.05) is 13.2 Å². The van der Waals surface area contributed by atoms with E-state index in [4.69, 9.17) is 14.0 Å². The van der Waals surface area contributed by atoms with E-state index in [2.05, 4.69) is 10.1 Å². The highest BCUT2D eigenvalue weighted by atomic mass is 19.1. The number of benzene rings is 2. The van der Waals surface area contributed by atoms with Crippen LogP contribution < -0.4 is 9.47 Å². The second kappa shape index (κ2) is 10.6. The minimum atomic E-state index is -1.85. The summed E-state index contributed by atoms with van der Waals surface area (Å²) in [5.41, 5.74) is 0.370. The number of halogens is 4. The third kappa shape index (κ3) is 4.54. The maximum atomic E-state index is 15.6. The van der Waals surface area contributed by atoms with Crippen LogP contribution >= 0.6 is 0 Å². The second-order valence-corrected chi connectivity index (χ2v) is 9.01. The van der Waals surface area contributed by atoms with Crippen molar-refractivity contribution < 1.29 is 41.5 Å². The van der Waals surface area contributed by atoms with Crippen LogP contribution in [0.2, 0.25) is 0 Å². The van der Waals surface area contributed by atoms with Crippen LogP contribution in [0.3, 0.4) is 0 Å². The zero-order chi connectivity index (χ0) is 29.6. The number of carboxylic acids is 1. The van der Waals surface area contributed by atoms with Crippen molar-refractivity contribution >= 4 is 17.0 Å². The van der Waals surface area contributed by atoms with Gasteiger partial charge < -0.3 is 19.1 Å². The van der Waals surface area contributed by atoms with Gasteiger partial charge in [0, 0.05) is 40.5 Å². The van der Waals surface area contributed by atoms with Gasteiger partial charge in [0.15, 0.2) is 23.1 Å². The molecular weight excluding hydrogens is 546 g/mol. The van der Waals surface area contributed by atoms with E-state index in [0.717, 1.165) is 6.07 Å². The van der Waals surface area contributed by atoms with Crippen molar-refractivity contribution in [2.24, 2.45) is 0 Å². The fraction of sp³-hybridized carbons (Fsp3) is 0.207. The highest BCUT2D eigenvalue weighted by Crippen LogP contribution is 2.48. The number of aromatic nitrogens is 3. The van der Waals surface area contributed by atoms with Crippen molar-refractivity contribution in [3.8, 4) is 39.4 Å². The Bertz CT molecular complexity index is 1780. The summed E-state index contributed by atoms with van der Waals surface area (Å²) in [7, 11) is 0. The SMILES string of the molecule is CCOc1c(F)c(C(=O)O)c(F)c(OCC)c1-c1cn(-c2ccc(F)cc2F)c2ncc(-c3c(C)noc3C)cc12. The summed E-state index contributed by atoms with van der Waals surface area (Å²) in [6.45, 7) is 6.31. The molecule has 8 nitrogen and oxygen atoms in total. The predicted octanol–water partition coefficient (Wildman–Crippen LogP) is 7.02. The summed E-state index contributed by atoms with van der Waals surface area (Å²) in [5, 5.41) is 13.8. The molecule has 0 aliphatic carbocycles. The van der Waals surface area contributed by atoms with Crippen LogP contribution in [0.5, 0.6) is 11.5 Å². The van der Waals surface area contributed by atoms with Crippen molar-refractivity contribution in [3.63, 3.8) is 0 Å². The number of hydrogen-bond donors (Lipinski definition) is 1. The van der Waals surface area contributed by atoms with Gasteiger partial charge in [-0.05, 0) is 45.9 Å². The van der Waals surface area contributed by atoms with E-state index in [1.165, 1.54) is 23.0 Å². The van der Waals surface area contributed by atoms with Gasteiger partial charge in [-0.2, -0.15) is 0 Å². The topological polar surface area (TPSA) is 99.6 Å². The summed E-state index contributed by atoms with van der Waals surface area (Å²) in [6, 6.07) is 4.59. The average molecular weight is 570 g/mol. The van der Waals surface area contributed by atoms with Gasteiger partial charge >= 0.3 is 5.97 Å². The largest absolute Gasteiger partial charge is 0.490 e. The molecule has 41 heavy (non-hydrogen) atoms. The van der Waals surface area contributed by atoms with Gasteiger partial charge in [-0.15, -0.1) is 0 Å². The Morgan fingerprint density at radius 3 is 2.20 bits per heavy atom. The first-order valence-corrected chi connectivity index (χ1v) is 12.5. The zero-order valence-electron chi connectivity index (χ0n) is 22.3. The molecule has 0 amide bonds. The maximum Gasteiger partial charge on any atom is 0.342 e. The molecule has 0 spiro atoms. The number of carboxylic acid groups (broad SMARTS) is 1. The molecule has 0 aliphatic heterocycles. The predicted molar refractivity (Wildman–Crippen MR) is 141 cm³/mol. The number of nitrogens with zero attached hydrogens (tertiary/aromatic N) is 3. The van der Waals surface area contributed by atoms with E-state index >= 15 is 13.2 Å². The van der Waals surface area contributed by atoms with Crippen LogP contribution in [-0.2, 0) is 0 Å². The number of ether oxygens (including phenoxy) is 2. The standard InChI is InChI=1S/C29H23F4N3O5/c1-5-39-26-22(27(40-6-2)25(33)23(24(26)32)29(37)38)18-12-36(20-8-7-16(30)10-19(20)31)28-17(18)9-15(11-34-28)21-13(3)35-41-14(21)4/h7-12H,5-6H2,1-4H3,(H,37,38). The number of fused-ring (bicyclic) bond motifs is 1. The minimum Gasteiger partial charge on any atom is -0.490 e. The van der Waals surface area contributed by atoms with Crippen LogP contribution in [0.1, 0.15) is 35.7 Å². The van der Waals surface area contributed by atoms with Crippen molar-refractivity contribution in [2.45, 2.75) is 27.7 Å². The molecule has 1 N–H and O–H groups in total. The van der Waals surface area contributed by atoms with E-state index in [9.17, 15) is 14.3 Å². The van der Waals surface area contributed by atoms with Crippen molar-refractivity contribution in [1.82, 2.24) is 14.7 Å². The fourth-order valence-corrected chi connectivity index (χ4v) is 4.84. The third-order valence-corrected chi connectivity index (χ3v) is 6.49. The quantitative estimate of drug-likeness (QED) is 0.201. The fourth-order valence-electron chi connectivity index (χ4n) is 4.84. The van der Waals surface area contributed by atoms with Gasteiger partial charge in [0.25, 0.3) is 0 Å². The lowest BCUT2D eigenvalue weighted by atomic mass is 9.98. The molecule has 3 aromatic heterocycles. The lowest BCUT2D eigenvalue weighted by Crippen LogP contribution is -2.12. The first-order valence-electron chi connectivity index (χ1n) is 12.5. The Labute approximate surface area is 230 Å². The third-order valence-electron chi connectivity index (χ3n) is 6.49. The van der Waals surface area contributed by atoms with Crippen LogP contribution in [-0.4, -0.2) is 39.0 Å². The number of hydrogen-bond acceptors (Lipinski definition) is 6. The molecule has 0 atom stereocenters. The van der Waals surface area contributed by atoms with Crippen molar-refractivity contribution in [1.29, 1.82) is 0 Å². The summed E-state index contributed by atoms with van der Waals surface area (Å²) < 4.78 is 77.7. The number of rotatable bonds is 8. The Kier molecular flexibility index (Phi) is 7.16. The molecule has 12 heteroatoms. The summed E-state index contributed by atoms with van der Waals surface area (Å²) in [4.78, 5) is 16.3. The van der Waals surface area contributed by atoms with Crippen LogP contribution in [0.25, 0.3) is 39.0 Å². The van der Waals surface area contributed by atoms with Gasteiger partial charge in [-0.25, -0.2) is 27.3 Å². The van der Waals surface area contributed by atoms with Crippen LogP contribution in [0.15, 0.2) is 41.2 Å². The van der Waals surface area contributed by atoms with Crippen LogP contribution in [0, 0.1) is 37.1 Å². The number of aromatic carboxylic acids is 1. The first-order chi connectivity index (χ1) is 19.6. The molecular formula is C29H23F4N3O5. The van der Waals surface area contributed by atoms with E-state index in [1.807, 2.05) is 0 Å². The van der Waals surface area contributed by atoms with E-state index in [0.29, 0.717) is 28.6 Å². The van der Waals surface area contributed by atoms with Gasteiger partial charge in [0.1, 0.15) is 28.6 Å². The molecule has 0 bridgehead atoms. The molecule has 0 aliphatic rings. The maximum absolute atomic E-state index is 15.6. The second-order valence-electron chi connectivity index (χ2n) is 9.01. The van der Waals surface area contributed by atoms with Crippen LogP contribution in [0.4, 0.5) is 17.6 Å².